The molecule has 0 saturated carbocycles. The van der Waals surface area contributed by atoms with Crippen LogP contribution in [-0.4, -0.2) is 72.1 Å². The number of unbranched alkanes of at least 4 members (excludes halogenated alkanes) is 1. The lowest BCUT2D eigenvalue weighted by molar-refractivity contribution is -0.0987. The van der Waals surface area contributed by atoms with Gasteiger partial charge in [-0.3, -0.25) is 0 Å². The normalized spacial score (nSPS) is 23.0. The molecular weight excluding hydrogens is 540 g/mol. The zero-order valence-corrected chi connectivity index (χ0v) is 28.0. The molecule has 7 nitrogen and oxygen atoms in total. The molecule has 2 aromatic rings. The molecule has 0 radical (unpaired) electrons. The van der Waals surface area contributed by atoms with Crippen molar-refractivity contribution in [2.45, 2.75) is 96.3 Å². The van der Waals surface area contributed by atoms with Crippen molar-refractivity contribution in [3.8, 4) is 5.75 Å². The molecule has 0 spiro atoms. The van der Waals surface area contributed by atoms with Gasteiger partial charge in [0.1, 0.15) is 19.3 Å². The van der Waals surface area contributed by atoms with Gasteiger partial charge in [0, 0.05) is 37.1 Å². The number of nitrogens with zero attached hydrogens (tertiary/aromatic N) is 1. The van der Waals surface area contributed by atoms with Crippen LogP contribution in [0.15, 0.2) is 42.5 Å². The van der Waals surface area contributed by atoms with Gasteiger partial charge in [-0.15, -0.1) is 0 Å². The molecule has 2 aliphatic heterocycles. The summed E-state index contributed by atoms with van der Waals surface area (Å²) >= 11 is 0. The lowest BCUT2D eigenvalue weighted by Gasteiger charge is -2.47. The second kappa shape index (κ2) is 21.0. The van der Waals surface area contributed by atoms with Gasteiger partial charge < -0.3 is 34.0 Å². The topological polar surface area (TPSA) is 77.1 Å². The summed E-state index contributed by atoms with van der Waals surface area (Å²) in [5.74, 6) is 1.40. The van der Waals surface area contributed by atoms with Crippen molar-refractivity contribution in [2.75, 3.05) is 46.8 Å². The molecule has 0 amide bonds. The Bertz CT molecular complexity index is 1020. The Kier molecular flexibility index (Phi) is 18.7. The third-order valence-corrected chi connectivity index (χ3v) is 9.01. The first kappa shape index (κ1) is 38.3. The minimum atomic E-state index is -0.00151. The number of hydrogen-bond donors (Lipinski definition) is 1. The molecule has 43 heavy (non-hydrogen) atoms. The van der Waals surface area contributed by atoms with E-state index in [1.165, 1.54) is 29.5 Å². The number of rotatable bonds is 10. The van der Waals surface area contributed by atoms with Crippen LogP contribution in [0, 0.1) is 5.92 Å². The van der Waals surface area contributed by atoms with Gasteiger partial charge in [0.25, 0.3) is 0 Å². The molecular formula is C36H58N2O5. The largest absolute Gasteiger partial charge is 0.494 e. The molecule has 2 aromatic carbocycles. The molecule has 2 heterocycles. The van der Waals surface area contributed by atoms with Crippen LogP contribution in [0.5, 0.6) is 5.75 Å². The Morgan fingerprint density at radius 2 is 1.72 bits per heavy atom. The fourth-order valence-electron chi connectivity index (χ4n) is 6.80. The highest BCUT2D eigenvalue weighted by molar-refractivity contribution is 5.64. The van der Waals surface area contributed by atoms with Gasteiger partial charge in [-0.05, 0) is 69.3 Å². The van der Waals surface area contributed by atoms with E-state index < -0.39 is 0 Å². The van der Waals surface area contributed by atoms with Gasteiger partial charge >= 0.3 is 0 Å². The van der Waals surface area contributed by atoms with Crippen LogP contribution in [0.4, 0.5) is 5.69 Å². The van der Waals surface area contributed by atoms with Crippen molar-refractivity contribution in [1.29, 1.82) is 0 Å². The van der Waals surface area contributed by atoms with Crippen molar-refractivity contribution >= 4 is 19.3 Å². The average Bonchev–Trinajstić information content (AvgIpc) is 3.07. The molecule has 0 aromatic heterocycles. The maximum atomic E-state index is 8.00. The standard InChI is InChI=1S/C32H48N2O3.C2H6.2CH2O/c1-6-7-17-32-18-19-34(3)27(20-25-14-16-28(33-2)31(36-5)30(25)32)15-13-26(29(21-32)35-4)23-37-22-24-11-9-8-10-12-24;3*1-2/h8-12,14,16,26-27,29,33H,6-7,13,15,17-23H2,1-5H3;1-2H3;2*1H2/t26-,27?,29?,32?;;;/m1.../s1. The molecule has 3 unspecified atom stereocenters. The molecule has 1 aliphatic carbocycles. The fraction of sp³-hybridized carbons (Fsp3) is 0.611. The molecule has 2 bridgehead atoms. The van der Waals surface area contributed by atoms with E-state index in [2.05, 4.69) is 66.7 Å². The Morgan fingerprint density at radius 1 is 1.02 bits per heavy atom. The lowest BCUT2D eigenvalue weighted by atomic mass is 9.64. The summed E-state index contributed by atoms with van der Waals surface area (Å²) in [6.07, 6.45) is 9.12. The zero-order valence-electron chi connectivity index (χ0n) is 28.0. The monoisotopic (exact) mass is 598 g/mol. The van der Waals surface area contributed by atoms with E-state index in [1.807, 2.05) is 48.7 Å². The predicted octanol–water partition coefficient (Wildman–Crippen LogP) is 7.10. The highest BCUT2D eigenvalue weighted by atomic mass is 16.5. The summed E-state index contributed by atoms with van der Waals surface area (Å²) in [6.45, 7) is 12.8. The van der Waals surface area contributed by atoms with E-state index in [0.29, 0.717) is 18.6 Å². The number of ether oxygens (including phenoxy) is 3. The van der Waals surface area contributed by atoms with Crippen molar-refractivity contribution in [2.24, 2.45) is 5.92 Å². The van der Waals surface area contributed by atoms with Gasteiger partial charge in [0.05, 0.1) is 32.1 Å². The van der Waals surface area contributed by atoms with Crippen LogP contribution in [0.25, 0.3) is 0 Å². The van der Waals surface area contributed by atoms with Gasteiger partial charge in [-0.25, -0.2) is 0 Å². The molecule has 1 saturated heterocycles. The predicted molar refractivity (Wildman–Crippen MR) is 178 cm³/mol. The molecule has 1 N–H and O–H groups in total. The number of anilines is 1. The average molecular weight is 599 g/mol. The summed E-state index contributed by atoms with van der Waals surface area (Å²) in [5, 5.41) is 3.41. The lowest BCUT2D eigenvalue weighted by Crippen LogP contribution is -2.47. The van der Waals surface area contributed by atoms with Crippen LogP contribution in [0.1, 0.15) is 82.4 Å². The highest BCUT2D eigenvalue weighted by Gasteiger charge is 2.44. The third kappa shape index (κ3) is 10.2. The first-order valence-electron chi connectivity index (χ1n) is 15.9. The second-order valence-corrected chi connectivity index (χ2v) is 11.2. The van der Waals surface area contributed by atoms with E-state index in [-0.39, 0.29) is 11.5 Å². The van der Waals surface area contributed by atoms with Gasteiger partial charge in [-0.1, -0.05) is 70.0 Å². The summed E-state index contributed by atoms with van der Waals surface area (Å²) in [7, 11) is 8.07. The van der Waals surface area contributed by atoms with Crippen LogP contribution in [0.2, 0.25) is 0 Å². The van der Waals surface area contributed by atoms with Gasteiger partial charge in [-0.2, -0.15) is 0 Å². The van der Waals surface area contributed by atoms with Crippen LogP contribution >= 0.6 is 0 Å². The number of benzene rings is 2. The van der Waals surface area contributed by atoms with Crippen molar-refractivity contribution < 1.29 is 23.8 Å². The van der Waals surface area contributed by atoms with Gasteiger partial charge in [0.2, 0.25) is 0 Å². The molecule has 4 atom stereocenters. The smallest absolute Gasteiger partial charge is 0.145 e. The van der Waals surface area contributed by atoms with E-state index in [9.17, 15) is 0 Å². The first-order valence-corrected chi connectivity index (χ1v) is 15.9. The summed E-state index contributed by atoms with van der Waals surface area (Å²) in [6, 6.07) is 15.6. The highest BCUT2D eigenvalue weighted by Crippen LogP contribution is 2.50. The molecule has 3 aliphatic rings. The van der Waals surface area contributed by atoms with E-state index >= 15 is 0 Å². The number of carbonyl (C=O) groups excluding carboxylic acids is 2. The Morgan fingerprint density at radius 3 is 2.33 bits per heavy atom. The van der Waals surface area contributed by atoms with Crippen molar-refractivity contribution in [3.63, 3.8) is 0 Å². The van der Waals surface area contributed by atoms with E-state index in [0.717, 1.165) is 63.1 Å². The number of carbonyl (C=O) groups is 2. The fourth-order valence-corrected chi connectivity index (χ4v) is 6.80. The number of methoxy groups -OCH3 is 2. The van der Waals surface area contributed by atoms with Crippen molar-refractivity contribution in [3.05, 3.63) is 59.2 Å². The first-order chi connectivity index (χ1) is 21.0. The zero-order chi connectivity index (χ0) is 32.3. The van der Waals surface area contributed by atoms with Crippen LogP contribution < -0.4 is 10.1 Å². The maximum Gasteiger partial charge on any atom is 0.145 e. The molecule has 7 heteroatoms. The van der Waals surface area contributed by atoms with E-state index in [4.69, 9.17) is 23.8 Å². The number of fused-ring (bicyclic) bond motifs is 6. The Labute approximate surface area is 261 Å². The van der Waals surface area contributed by atoms with Crippen molar-refractivity contribution in [1.82, 2.24) is 4.90 Å². The SMILES string of the molecule is C=O.C=O.CC.CCCCC12CCN(C)C(CC[C@H](COCc3ccccc3)C(OC)C1)Cc1ccc(NC)c(OC)c12. The number of nitrogens with one attached hydrogen (secondary N) is 1. The number of hydrogen-bond acceptors (Lipinski definition) is 7. The van der Waals surface area contributed by atoms with Crippen LogP contribution in [0.3, 0.4) is 0 Å². The number of likely N-dealkylation sites (N-methyl/N-ethyl adjacent to an activating group) is 1. The molecule has 1 fully saturated rings. The minimum Gasteiger partial charge on any atom is -0.494 e. The maximum absolute atomic E-state index is 8.00. The Hall–Kier alpha value is -2.74. The minimum absolute atomic E-state index is 0.00151. The van der Waals surface area contributed by atoms with Crippen LogP contribution in [-0.2, 0) is 37.5 Å². The van der Waals surface area contributed by atoms with E-state index in [1.54, 1.807) is 0 Å². The molecule has 5 rings (SSSR count). The second-order valence-electron chi connectivity index (χ2n) is 11.2. The quantitative estimate of drug-likeness (QED) is 0.313. The Balaban J connectivity index is 0.00000145. The third-order valence-electron chi connectivity index (χ3n) is 9.01. The van der Waals surface area contributed by atoms with Gasteiger partial charge in [0.15, 0.2) is 0 Å². The summed E-state index contributed by atoms with van der Waals surface area (Å²) in [5.41, 5.74) is 5.20. The summed E-state index contributed by atoms with van der Waals surface area (Å²) in [4.78, 5) is 18.6. The molecule has 242 valence electrons. The summed E-state index contributed by atoms with van der Waals surface area (Å²) < 4.78 is 18.9.